The van der Waals surface area contributed by atoms with E-state index in [4.69, 9.17) is 4.42 Å². The predicted octanol–water partition coefficient (Wildman–Crippen LogP) is 3.48. The largest absolute Gasteiger partial charge is 0.459 e. The van der Waals surface area contributed by atoms with Crippen molar-refractivity contribution in [3.63, 3.8) is 0 Å². The number of nitrogens with zero attached hydrogens (tertiary/aromatic N) is 2. The standard InChI is InChI=1S/C21H26N4O2/c1-22-20(25-11-10-21(15-25)8-4-9-21)23-14-16-5-2-6-17(13-16)24-19(26)18-7-3-12-27-18/h2-3,5-7,12-13H,4,8-11,14-15H2,1H3,(H,22,23)(H,24,26). The topological polar surface area (TPSA) is 69.9 Å². The number of hydrogen-bond donors (Lipinski definition) is 2. The Hall–Kier alpha value is -2.76. The van der Waals surface area contributed by atoms with Crippen molar-refractivity contribution in [2.24, 2.45) is 10.4 Å². The van der Waals surface area contributed by atoms with Gasteiger partial charge in [0.15, 0.2) is 11.7 Å². The molecule has 2 aliphatic rings. The molecule has 2 aromatic rings. The molecule has 1 spiro atoms. The first-order valence-electron chi connectivity index (χ1n) is 9.57. The van der Waals surface area contributed by atoms with E-state index in [1.165, 1.54) is 31.9 Å². The van der Waals surface area contributed by atoms with Gasteiger partial charge in [0.1, 0.15) is 0 Å². The molecule has 1 aromatic carbocycles. The van der Waals surface area contributed by atoms with Gasteiger partial charge < -0.3 is 20.0 Å². The van der Waals surface area contributed by atoms with Crippen LogP contribution in [0.15, 0.2) is 52.1 Å². The molecule has 0 radical (unpaired) electrons. The fourth-order valence-electron chi connectivity index (χ4n) is 4.07. The van der Waals surface area contributed by atoms with Gasteiger partial charge in [-0.05, 0) is 54.5 Å². The van der Waals surface area contributed by atoms with Crippen molar-refractivity contribution in [1.29, 1.82) is 0 Å². The van der Waals surface area contributed by atoms with Gasteiger partial charge in [-0.2, -0.15) is 0 Å². The third kappa shape index (κ3) is 3.84. The fraction of sp³-hybridized carbons (Fsp3) is 0.429. The zero-order valence-corrected chi connectivity index (χ0v) is 15.7. The van der Waals surface area contributed by atoms with E-state index >= 15 is 0 Å². The van der Waals surface area contributed by atoms with Gasteiger partial charge in [-0.3, -0.25) is 9.79 Å². The van der Waals surface area contributed by atoms with E-state index in [9.17, 15) is 4.79 Å². The average molecular weight is 366 g/mol. The summed E-state index contributed by atoms with van der Waals surface area (Å²) in [6.45, 7) is 2.87. The van der Waals surface area contributed by atoms with E-state index < -0.39 is 0 Å². The molecule has 1 aliphatic heterocycles. The van der Waals surface area contributed by atoms with Crippen LogP contribution in [0.5, 0.6) is 0 Å². The Morgan fingerprint density at radius 3 is 2.81 bits per heavy atom. The molecule has 4 rings (SSSR count). The summed E-state index contributed by atoms with van der Waals surface area (Å²) in [5.74, 6) is 1.02. The summed E-state index contributed by atoms with van der Waals surface area (Å²) < 4.78 is 5.13. The molecule has 1 saturated heterocycles. The van der Waals surface area contributed by atoms with E-state index in [-0.39, 0.29) is 5.91 Å². The van der Waals surface area contributed by atoms with Crippen LogP contribution < -0.4 is 10.6 Å². The number of likely N-dealkylation sites (tertiary alicyclic amines) is 1. The minimum Gasteiger partial charge on any atom is -0.459 e. The van der Waals surface area contributed by atoms with Gasteiger partial charge in [0.25, 0.3) is 5.91 Å². The number of benzene rings is 1. The van der Waals surface area contributed by atoms with Gasteiger partial charge >= 0.3 is 0 Å². The number of aliphatic imine (C=N–C) groups is 1. The van der Waals surface area contributed by atoms with Crippen molar-refractivity contribution in [3.05, 3.63) is 54.0 Å². The van der Waals surface area contributed by atoms with Crippen molar-refractivity contribution in [3.8, 4) is 0 Å². The zero-order valence-electron chi connectivity index (χ0n) is 15.7. The Balaban J connectivity index is 1.34. The van der Waals surface area contributed by atoms with Crippen LogP contribution in [0, 0.1) is 5.41 Å². The quantitative estimate of drug-likeness (QED) is 0.642. The van der Waals surface area contributed by atoms with Gasteiger partial charge in [0, 0.05) is 32.4 Å². The summed E-state index contributed by atoms with van der Waals surface area (Å²) in [5, 5.41) is 6.33. The van der Waals surface area contributed by atoms with Gasteiger partial charge in [-0.15, -0.1) is 0 Å². The van der Waals surface area contributed by atoms with Crippen molar-refractivity contribution in [2.75, 3.05) is 25.5 Å². The third-order valence-electron chi connectivity index (χ3n) is 5.74. The Bertz CT molecular complexity index is 824. The van der Waals surface area contributed by atoms with Gasteiger partial charge in [0.05, 0.1) is 6.26 Å². The Kier molecular flexibility index (Phi) is 4.88. The highest BCUT2D eigenvalue weighted by atomic mass is 16.3. The molecule has 0 unspecified atom stereocenters. The van der Waals surface area contributed by atoms with Crippen LogP contribution in [0.2, 0.25) is 0 Å². The highest BCUT2D eigenvalue weighted by Gasteiger charge is 2.43. The number of carbonyl (C=O) groups excluding carboxylic acids is 1. The van der Waals surface area contributed by atoms with Crippen LogP contribution in [0.1, 0.15) is 41.8 Å². The van der Waals surface area contributed by atoms with Crippen LogP contribution in [-0.2, 0) is 6.54 Å². The predicted molar refractivity (Wildman–Crippen MR) is 106 cm³/mol. The molecule has 1 aromatic heterocycles. The van der Waals surface area contributed by atoms with E-state index in [2.05, 4.69) is 20.5 Å². The van der Waals surface area contributed by atoms with E-state index in [0.717, 1.165) is 30.3 Å². The second-order valence-electron chi connectivity index (χ2n) is 7.56. The summed E-state index contributed by atoms with van der Waals surface area (Å²) >= 11 is 0. The number of rotatable bonds is 4. The summed E-state index contributed by atoms with van der Waals surface area (Å²) in [4.78, 5) is 19.0. The maximum absolute atomic E-state index is 12.1. The fourth-order valence-corrected chi connectivity index (χ4v) is 4.07. The van der Waals surface area contributed by atoms with Crippen molar-refractivity contribution < 1.29 is 9.21 Å². The molecule has 142 valence electrons. The number of carbonyl (C=O) groups is 1. The molecule has 27 heavy (non-hydrogen) atoms. The molecule has 6 nitrogen and oxygen atoms in total. The second-order valence-corrected chi connectivity index (χ2v) is 7.56. The Labute approximate surface area is 159 Å². The van der Waals surface area contributed by atoms with Crippen LogP contribution in [0.25, 0.3) is 0 Å². The minimum atomic E-state index is -0.246. The molecule has 2 N–H and O–H groups in total. The van der Waals surface area contributed by atoms with Crippen LogP contribution >= 0.6 is 0 Å². The lowest BCUT2D eigenvalue weighted by Gasteiger charge is -2.38. The van der Waals surface area contributed by atoms with E-state index in [1.54, 1.807) is 12.1 Å². The van der Waals surface area contributed by atoms with Gasteiger partial charge in [-0.25, -0.2) is 0 Å². The average Bonchev–Trinajstić information content (AvgIpc) is 3.33. The molecular weight excluding hydrogens is 340 g/mol. The number of anilines is 1. The summed E-state index contributed by atoms with van der Waals surface area (Å²) in [5.41, 5.74) is 2.39. The SMILES string of the molecule is CN=C(NCc1cccc(NC(=O)c2ccco2)c1)N1CCC2(CCC2)C1. The molecular formula is C21H26N4O2. The maximum Gasteiger partial charge on any atom is 0.291 e. The number of nitrogens with one attached hydrogen (secondary N) is 2. The lowest BCUT2D eigenvalue weighted by molar-refractivity contribution is 0.0996. The molecule has 0 atom stereocenters. The molecule has 1 saturated carbocycles. The molecule has 1 amide bonds. The second kappa shape index (κ2) is 7.47. The first-order valence-corrected chi connectivity index (χ1v) is 9.57. The number of furan rings is 1. The first-order chi connectivity index (χ1) is 13.2. The lowest BCUT2D eigenvalue weighted by Crippen LogP contribution is -2.42. The van der Waals surface area contributed by atoms with Gasteiger partial charge in [-0.1, -0.05) is 18.6 Å². The molecule has 6 heteroatoms. The normalized spacial score (nSPS) is 18.4. The van der Waals surface area contributed by atoms with Crippen molar-refractivity contribution in [2.45, 2.75) is 32.2 Å². The van der Waals surface area contributed by atoms with Crippen molar-refractivity contribution >= 4 is 17.6 Å². The first kappa shape index (κ1) is 17.6. The number of hydrogen-bond acceptors (Lipinski definition) is 3. The minimum absolute atomic E-state index is 0.246. The number of guanidine groups is 1. The summed E-state index contributed by atoms with van der Waals surface area (Å²) in [6, 6.07) is 11.2. The summed E-state index contributed by atoms with van der Waals surface area (Å²) in [7, 11) is 1.84. The Morgan fingerprint density at radius 1 is 1.26 bits per heavy atom. The van der Waals surface area contributed by atoms with Crippen LogP contribution in [-0.4, -0.2) is 36.9 Å². The third-order valence-corrected chi connectivity index (χ3v) is 5.74. The maximum atomic E-state index is 12.1. The van der Waals surface area contributed by atoms with Crippen molar-refractivity contribution in [1.82, 2.24) is 10.2 Å². The van der Waals surface area contributed by atoms with Crippen LogP contribution in [0.3, 0.4) is 0 Å². The Morgan fingerprint density at radius 2 is 2.15 bits per heavy atom. The molecule has 2 heterocycles. The van der Waals surface area contributed by atoms with E-state index in [1.807, 2.05) is 31.3 Å². The monoisotopic (exact) mass is 366 g/mol. The molecule has 2 fully saturated rings. The van der Waals surface area contributed by atoms with Crippen LogP contribution in [0.4, 0.5) is 5.69 Å². The smallest absolute Gasteiger partial charge is 0.291 e. The van der Waals surface area contributed by atoms with E-state index in [0.29, 0.717) is 17.7 Å². The molecule has 1 aliphatic carbocycles. The highest BCUT2D eigenvalue weighted by molar-refractivity contribution is 6.02. The number of amides is 1. The van der Waals surface area contributed by atoms with Gasteiger partial charge in [0.2, 0.25) is 0 Å². The molecule has 0 bridgehead atoms. The highest BCUT2D eigenvalue weighted by Crippen LogP contribution is 2.47. The summed E-state index contributed by atoms with van der Waals surface area (Å²) in [6.07, 6.45) is 6.86. The lowest BCUT2D eigenvalue weighted by atomic mass is 9.68. The zero-order chi connectivity index (χ0) is 18.7.